The van der Waals surface area contributed by atoms with Gasteiger partial charge >= 0.3 is 0 Å². The van der Waals surface area contributed by atoms with Gasteiger partial charge in [-0.3, -0.25) is 4.79 Å². The van der Waals surface area contributed by atoms with Crippen LogP contribution in [-0.2, 0) is 0 Å². The quantitative estimate of drug-likeness (QED) is 0.588. The van der Waals surface area contributed by atoms with E-state index in [9.17, 15) is 4.79 Å². The lowest BCUT2D eigenvalue weighted by Gasteiger charge is -2.31. The molecule has 0 aliphatic heterocycles. The Hall–Kier alpha value is -1.84. The van der Waals surface area contributed by atoms with Gasteiger partial charge in [-0.05, 0) is 36.8 Å². The molecular weight excluding hydrogens is 312 g/mol. The summed E-state index contributed by atoms with van der Waals surface area (Å²) in [6, 6.07) is 5.45. The van der Waals surface area contributed by atoms with E-state index >= 15 is 0 Å². The van der Waals surface area contributed by atoms with Gasteiger partial charge in [0.1, 0.15) is 5.75 Å². The molecule has 1 atom stereocenters. The largest absolute Gasteiger partial charge is 0.496 e. The zero-order chi connectivity index (χ0) is 19.4. The average molecular weight is 347 g/mol. The molecule has 4 heteroatoms. The summed E-state index contributed by atoms with van der Waals surface area (Å²) >= 11 is 0. The zero-order valence-corrected chi connectivity index (χ0v) is 17.3. The first kappa shape index (κ1) is 21.2. The summed E-state index contributed by atoms with van der Waals surface area (Å²) in [5.74, 6) is 0.955. The lowest BCUT2D eigenvalue weighted by Crippen LogP contribution is -2.31. The van der Waals surface area contributed by atoms with E-state index in [-0.39, 0.29) is 16.7 Å². The third-order valence-electron chi connectivity index (χ3n) is 4.88. The summed E-state index contributed by atoms with van der Waals surface area (Å²) < 4.78 is 5.29. The van der Waals surface area contributed by atoms with Crippen LogP contribution < -0.4 is 10.2 Å². The lowest BCUT2D eigenvalue weighted by molar-refractivity contribution is 0.0953. The topological polar surface area (TPSA) is 50.7 Å². The molecule has 1 unspecified atom stereocenters. The van der Waals surface area contributed by atoms with Gasteiger partial charge in [-0.15, -0.1) is 0 Å². The summed E-state index contributed by atoms with van der Waals surface area (Å²) in [5.41, 5.74) is 5.25. The number of carbonyl (C=O) groups excluding carboxylic acids is 1. The Morgan fingerprint density at radius 1 is 1.20 bits per heavy atom. The third-order valence-corrected chi connectivity index (χ3v) is 4.88. The van der Waals surface area contributed by atoms with E-state index in [1.54, 1.807) is 13.2 Å². The van der Waals surface area contributed by atoms with Crippen molar-refractivity contribution in [3.05, 3.63) is 29.3 Å². The lowest BCUT2D eigenvalue weighted by atomic mass is 9.75. The number of amides is 1. The first-order valence-electron chi connectivity index (χ1n) is 8.89. The van der Waals surface area contributed by atoms with E-state index in [2.05, 4.69) is 59.0 Å². The number of nitrogens with zero attached hydrogens (tertiary/aromatic N) is 1. The Morgan fingerprint density at radius 2 is 1.80 bits per heavy atom. The molecular formula is C21H34N2O2. The van der Waals surface area contributed by atoms with Crippen LogP contribution in [0.3, 0.4) is 0 Å². The maximum atomic E-state index is 12.6. The molecule has 140 valence electrons. The van der Waals surface area contributed by atoms with E-state index in [0.717, 1.165) is 17.7 Å². The number of methoxy groups -OCH3 is 1. The second-order valence-corrected chi connectivity index (χ2v) is 8.85. The van der Waals surface area contributed by atoms with Crippen LogP contribution in [0.1, 0.15) is 70.8 Å². The maximum absolute atomic E-state index is 12.6. The number of hydrogen-bond donors (Lipinski definition) is 1. The molecule has 0 spiro atoms. The highest BCUT2D eigenvalue weighted by Gasteiger charge is 2.27. The zero-order valence-electron chi connectivity index (χ0n) is 17.3. The van der Waals surface area contributed by atoms with E-state index in [1.807, 2.05) is 19.1 Å². The highest BCUT2D eigenvalue weighted by molar-refractivity contribution is 5.98. The first-order chi connectivity index (χ1) is 11.4. The van der Waals surface area contributed by atoms with E-state index in [4.69, 9.17) is 4.74 Å². The van der Waals surface area contributed by atoms with Crippen molar-refractivity contribution in [2.24, 2.45) is 21.8 Å². The summed E-state index contributed by atoms with van der Waals surface area (Å²) in [6.45, 7) is 17.2. The van der Waals surface area contributed by atoms with Crippen LogP contribution in [-0.4, -0.2) is 18.7 Å². The SMILES string of the molecule is COc1cccc(C(=O)NN=C(CC(C)C(C)(C)C)C(C)(C)C)c1C. The standard InChI is InChI=1S/C21H34N2O2/c1-14(20(3,4)5)13-18(21(6,7)8)22-23-19(24)16-11-10-12-17(25-9)15(16)2/h10-12,14H,13H2,1-9H3,(H,23,24). The number of ether oxygens (including phenoxy) is 1. The number of rotatable bonds is 5. The molecule has 0 fully saturated rings. The number of nitrogens with one attached hydrogen (secondary N) is 1. The van der Waals surface area contributed by atoms with Gasteiger partial charge in [-0.1, -0.05) is 54.5 Å². The normalized spacial score (nSPS) is 14.2. The molecule has 0 radical (unpaired) electrons. The third kappa shape index (κ3) is 5.87. The van der Waals surface area contributed by atoms with Crippen molar-refractivity contribution in [2.75, 3.05) is 7.11 Å². The van der Waals surface area contributed by atoms with Gasteiger partial charge in [-0.25, -0.2) is 5.43 Å². The fourth-order valence-electron chi connectivity index (χ4n) is 2.38. The van der Waals surface area contributed by atoms with Gasteiger partial charge in [-0.2, -0.15) is 5.10 Å². The summed E-state index contributed by atoms with van der Waals surface area (Å²) in [5, 5.41) is 4.50. The smallest absolute Gasteiger partial charge is 0.271 e. The summed E-state index contributed by atoms with van der Waals surface area (Å²) in [7, 11) is 1.60. The molecule has 1 amide bonds. The second-order valence-electron chi connectivity index (χ2n) is 8.85. The van der Waals surface area contributed by atoms with Crippen LogP contribution in [0.5, 0.6) is 5.75 Å². The van der Waals surface area contributed by atoms with Crippen molar-refractivity contribution < 1.29 is 9.53 Å². The molecule has 25 heavy (non-hydrogen) atoms. The molecule has 0 aromatic heterocycles. The van der Waals surface area contributed by atoms with Crippen LogP contribution in [0.25, 0.3) is 0 Å². The predicted octanol–water partition coefficient (Wildman–Crippen LogP) is 5.21. The maximum Gasteiger partial charge on any atom is 0.271 e. The van der Waals surface area contributed by atoms with Gasteiger partial charge < -0.3 is 4.74 Å². The molecule has 0 saturated heterocycles. The Morgan fingerprint density at radius 3 is 2.28 bits per heavy atom. The number of carbonyl (C=O) groups is 1. The monoisotopic (exact) mass is 346 g/mol. The number of hydrogen-bond acceptors (Lipinski definition) is 3. The van der Waals surface area contributed by atoms with E-state index in [0.29, 0.717) is 17.2 Å². The summed E-state index contributed by atoms with van der Waals surface area (Å²) in [4.78, 5) is 12.6. The van der Waals surface area contributed by atoms with Crippen LogP contribution in [0.2, 0.25) is 0 Å². The van der Waals surface area contributed by atoms with Crippen molar-refractivity contribution in [3.8, 4) is 5.75 Å². The first-order valence-corrected chi connectivity index (χ1v) is 8.89. The molecule has 0 saturated carbocycles. The molecule has 1 aromatic rings. The molecule has 0 aliphatic carbocycles. The van der Waals surface area contributed by atoms with Gasteiger partial charge in [0.25, 0.3) is 5.91 Å². The Labute approximate surface area is 153 Å². The van der Waals surface area contributed by atoms with Crippen molar-refractivity contribution >= 4 is 11.6 Å². The minimum absolute atomic E-state index is 0.101. The highest BCUT2D eigenvalue weighted by atomic mass is 16.5. The fourth-order valence-corrected chi connectivity index (χ4v) is 2.38. The van der Waals surface area contributed by atoms with Crippen LogP contribution in [0.15, 0.2) is 23.3 Å². The van der Waals surface area contributed by atoms with Crippen LogP contribution >= 0.6 is 0 Å². The van der Waals surface area contributed by atoms with Gasteiger partial charge in [0.15, 0.2) is 0 Å². The fraction of sp³-hybridized carbons (Fsp3) is 0.619. The molecule has 0 bridgehead atoms. The van der Waals surface area contributed by atoms with Gasteiger partial charge in [0.2, 0.25) is 0 Å². The molecule has 1 rings (SSSR count). The Kier molecular flexibility index (Phi) is 6.81. The van der Waals surface area contributed by atoms with Crippen molar-refractivity contribution in [1.29, 1.82) is 0 Å². The van der Waals surface area contributed by atoms with Crippen molar-refractivity contribution in [3.63, 3.8) is 0 Å². The molecule has 4 nitrogen and oxygen atoms in total. The predicted molar refractivity (Wildman–Crippen MR) is 105 cm³/mol. The molecule has 0 heterocycles. The second kappa shape index (κ2) is 8.03. The minimum Gasteiger partial charge on any atom is -0.496 e. The Balaban J connectivity index is 3.03. The molecule has 1 N–H and O–H groups in total. The summed E-state index contributed by atoms with van der Waals surface area (Å²) in [6.07, 6.45) is 0.852. The van der Waals surface area contributed by atoms with Crippen LogP contribution in [0, 0.1) is 23.7 Å². The Bertz CT molecular complexity index is 634. The van der Waals surface area contributed by atoms with Crippen molar-refractivity contribution in [1.82, 2.24) is 5.43 Å². The highest BCUT2D eigenvalue weighted by Crippen LogP contribution is 2.32. The minimum atomic E-state index is -0.207. The van der Waals surface area contributed by atoms with Crippen LogP contribution in [0.4, 0.5) is 0 Å². The number of hydrazone groups is 1. The average Bonchev–Trinajstić information content (AvgIpc) is 2.48. The van der Waals surface area contributed by atoms with Gasteiger partial charge in [0.05, 0.1) is 7.11 Å². The molecule has 0 aliphatic rings. The van der Waals surface area contributed by atoms with E-state index in [1.165, 1.54) is 0 Å². The van der Waals surface area contributed by atoms with Crippen molar-refractivity contribution in [2.45, 2.75) is 61.8 Å². The van der Waals surface area contributed by atoms with E-state index < -0.39 is 0 Å². The number of benzene rings is 1. The molecule has 1 aromatic carbocycles. The van der Waals surface area contributed by atoms with Gasteiger partial charge in [0, 0.05) is 22.3 Å².